The Labute approximate surface area is 124 Å². The zero-order chi connectivity index (χ0) is 15.2. The highest BCUT2D eigenvalue weighted by atomic mass is 16.5. The predicted octanol–water partition coefficient (Wildman–Crippen LogP) is 2.25. The number of benzene rings is 1. The van der Waals surface area contributed by atoms with Crippen LogP contribution in [0, 0.1) is 0 Å². The van der Waals surface area contributed by atoms with Crippen LogP contribution in [-0.2, 0) is 9.53 Å². The molecule has 114 valence electrons. The van der Waals surface area contributed by atoms with Crippen LogP contribution >= 0.6 is 0 Å². The first-order valence-electron chi connectivity index (χ1n) is 7.29. The largest absolute Gasteiger partial charge is 0.497 e. The molecule has 1 atom stereocenters. The Morgan fingerprint density at radius 3 is 2.57 bits per heavy atom. The number of carbonyl (C=O) groups excluding carboxylic acids is 2. The Hall–Kier alpha value is -2.04. The third kappa shape index (κ3) is 3.54. The van der Waals surface area contributed by atoms with E-state index in [2.05, 4.69) is 0 Å². The van der Waals surface area contributed by atoms with Gasteiger partial charge in [0.15, 0.2) is 0 Å². The minimum absolute atomic E-state index is 0.129. The second kappa shape index (κ2) is 7.11. The lowest BCUT2D eigenvalue weighted by Gasteiger charge is -2.34. The number of amides is 1. The number of esters is 1. The van der Waals surface area contributed by atoms with Crippen molar-refractivity contribution in [2.24, 2.45) is 0 Å². The van der Waals surface area contributed by atoms with E-state index < -0.39 is 6.04 Å². The average Bonchev–Trinajstić information content (AvgIpc) is 2.54. The molecule has 0 spiro atoms. The minimum Gasteiger partial charge on any atom is -0.497 e. The summed E-state index contributed by atoms with van der Waals surface area (Å²) >= 11 is 0. The molecule has 1 fully saturated rings. The molecule has 5 heteroatoms. The monoisotopic (exact) mass is 291 g/mol. The fraction of sp³-hybridized carbons (Fsp3) is 0.500. The molecule has 0 aliphatic carbocycles. The Bertz CT molecular complexity index is 498. The topological polar surface area (TPSA) is 55.8 Å². The van der Waals surface area contributed by atoms with Crippen LogP contribution in [0.5, 0.6) is 5.75 Å². The van der Waals surface area contributed by atoms with Crippen molar-refractivity contribution in [2.45, 2.75) is 32.2 Å². The minimum atomic E-state index is -0.465. The lowest BCUT2D eigenvalue weighted by molar-refractivity contribution is -0.149. The third-order valence-corrected chi connectivity index (χ3v) is 3.66. The number of ether oxygens (including phenoxy) is 2. The number of hydrogen-bond donors (Lipinski definition) is 0. The summed E-state index contributed by atoms with van der Waals surface area (Å²) in [5.41, 5.74) is 0.562. The number of piperidine rings is 1. The van der Waals surface area contributed by atoms with Gasteiger partial charge < -0.3 is 14.4 Å². The molecule has 0 N–H and O–H groups in total. The highest BCUT2D eigenvalue weighted by molar-refractivity contribution is 5.97. The first-order valence-corrected chi connectivity index (χ1v) is 7.29. The van der Waals surface area contributed by atoms with Crippen LogP contribution in [0.4, 0.5) is 0 Å². The van der Waals surface area contributed by atoms with E-state index in [0.717, 1.165) is 12.8 Å². The summed E-state index contributed by atoms with van der Waals surface area (Å²) < 4.78 is 10.2. The predicted molar refractivity (Wildman–Crippen MR) is 78.3 cm³/mol. The standard InChI is InChI=1S/C16H21NO4/c1-3-21-16(19)14-6-4-5-11-17(14)15(18)12-7-9-13(20-2)10-8-12/h7-10,14H,3-6,11H2,1-2H3/t14-/m0/s1. The molecule has 1 aliphatic rings. The van der Waals surface area contributed by atoms with E-state index in [1.165, 1.54) is 0 Å². The van der Waals surface area contributed by atoms with E-state index in [-0.39, 0.29) is 11.9 Å². The van der Waals surface area contributed by atoms with Crippen LogP contribution in [0.15, 0.2) is 24.3 Å². The van der Waals surface area contributed by atoms with Gasteiger partial charge >= 0.3 is 5.97 Å². The van der Waals surface area contributed by atoms with E-state index in [4.69, 9.17) is 9.47 Å². The summed E-state index contributed by atoms with van der Waals surface area (Å²) in [7, 11) is 1.58. The quantitative estimate of drug-likeness (QED) is 0.798. The molecule has 1 aromatic carbocycles. The van der Waals surface area contributed by atoms with Gasteiger partial charge in [-0.15, -0.1) is 0 Å². The van der Waals surface area contributed by atoms with Gasteiger partial charge in [-0.05, 0) is 50.5 Å². The summed E-state index contributed by atoms with van der Waals surface area (Å²) in [5.74, 6) is 0.265. The van der Waals surface area contributed by atoms with Crippen LogP contribution in [0.25, 0.3) is 0 Å². The van der Waals surface area contributed by atoms with Gasteiger partial charge in [0.25, 0.3) is 5.91 Å². The normalized spacial score (nSPS) is 18.2. The molecule has 0 bridgehead atoms. The van der Waals surface area contributed by atoms with E-state index in [0.29, 0.717) is 30.9 Å². The smallest absolute Gasteiger partial charge is 0.328 e. The molecule has 1 aliphatic heterocycles. The summed E-state index contributed by atoms with van der Waals surface area (Å²) in [4.78, 5) is 26.2. The van der Waals surface area contributed by atoms with Crippen LogP contribution in [0.2, 0.25) is 0 Å². The molecule has 2 rings (SSSR count). The SMILES string of the molecule is CCOC(=O)[C@@H]1CCCCN1C(=O)c1ccc(OC)cc1. The molecule has 1 amide bonds. The average molecular weight is 291 g/mol. The molecule has 0 radical (unpaired) electrons. The van der Waals surface area contributed by atoms with Crippen LogP contribution in [0.3, 0.4) is 0 Å². The maximum absolute atomic E-state index is 12.6. The molecular weight excluding hydrogens is 270 g/mol. The van der Waals surface area contributed by atoms with Crippen LogP contribution in [0.1, 0.15) is 36.5 Å². The van der Waals surface area contributed by atoms with Gasteiger partial charge in [-0.25, -0.2) is 4.79 Å². The van der Waals surface area contributed by atoms with Crippen LogP contribution < -0.4 is 4.74 Å². The Morgan fingerprint density at radius 1 is 1.24 bits per heavy atom. The molecule has 0 saturated carbocycles. The maximum atomic E-state index is 12.6. The van der Waals surface area contributed by atoms with Crippen molar-refractivity contribution in [3.8, 4) is 5.75 Å². The maximum Gasteiger partial charge on any atom is 0.328 e. The molecule has 1 heterocycles. The number of nitrogens with zero attached hydrogens (tertiary/aromatic N) is 1. The number of carbonyl (C=O) groups is 2. The zero-order valence-electron chi connectivity index (χ0n) is 12.5. The highest BCUT2D eigenvalue weighted by Crippen LogP contribution is 2.22. The summed E-state index contributed by atoms with van der Waals surface area (Å²) in [6.07, 6.45) is 2.52. The number of rotatable bonds is 4. The number of methoxy groups -OCH3 is 1. The summed E-state index contributed by atoms with van der Waals surface area (Å²) in [5, 5.41) is 0. The van der Waals surface area contributed by atoms with Crippen LogP contribution in [-0.4, -0.2) is 43.1 Å². The molecule has 1 saturated heterocycles. The van der Waals surface area contributed by atoms with Crippen molar-refractivity contribution < 1.29 is 19.1 Å². The van der Waals surface area contributed by atoms with Crippen molar-refractivity contribution >= 4 is 11.9 Å². The lowest BCUT2D eigenvalue weighted by atomic mass is 10.0. The van der Waals surface area contributed by atoms with E-state index in [1.807, 2.05) is 0 Å². The van der Waals surface area contributed by atoms with Gasteiger partial charge in [-0.3, -0.25) is 4.79 Å². The molecule has 5 nitrogen and oxygen atoms in total. The van der Waals surface area contributed by atoms with Gasteiger partial charge in [0.2, 0.25) is 0 Å². The van der Waals surface area contributed by atoms with E-state index in [1.54, 1.807) is 43.2 Å². The Balaban J connectivity index is 2.15. The Kier molecular flexibility index (Phi) is 5.20. The van der Waals surface area contributed by atoms with Gasteiger partial charge in [-0.2, -0.15) is 0 Å². The first-order chi connectivity index (χ1) is 10.2. The first kappa shape index (κ1) is 15.4. The lowest BCUT2D eigenvalue weighted by Crippen LogP contribution is -2.48. The second-order valence-electron chi connectivity index (χ2n) is 4.99. The van der Waals surface area contributed by atoms with Crippen molar-refractivity contribution in [3.63, 3.8) is 0 Å². The molecule has 0 aromatic heterocycles. The molecular formula is C16H21NO4. The summed E-state index contributed by atoms with van der Waals surface area (Å²) in [6, 6.07) is 6.47. The number of hydrogen-bond acceptors (Lipinski definition) is 4. The number of likely N-dealkylation sites (tertiary alicyclic amines) is 1. The van der Waals surface area contributed by atoms with Gasteiger partial charge in [0.05, 0.1) is 13.7 Å². The zero-order valence-corrected chi connectivity index (χ0v) is 12.5. The fourth-order valence-electron chi connectivity index (χ4n) is 2.56. The second-order valence-corrected chi connectivity index (χ2v) is 4.99. The van der Waals surface area contributed by atoms with Gasteiger partial charge in [-0.1, -0.05) is 0 Å². The molecule has 1 aromatic rings. The highest BCUT2D eigenvalue weighted by Gasteiger charge is 2.33. The van der Waals surface area contributed by atoms with E-state index in [9.17, 15) is 9.59 Å². The molecule has 21 heavy (non-hydrogen) atoms. The fourth-order valence-corrected chi connectivity index (χ4v) is 2.56. The van der Waals surface area contributed by atoms with Gasteiger partial charge in [0.1, 0.15) is 11.8 Å². The summed E-state index contributed by atoms with van der Waals surface area (Å²) in [6.45, 7) is 2.70. The van der Waals surface area contributed by atoms with Crippen molar-refractivity contribution in [3.05, 3.63) is 29.8 Å². The Morgan fingerprint density at radius 2 is 1.95 bits per heavy atom. The van der Waals surface area contributed by atoms with Gasteiger partial charge in [0, 0.05) is 12.1 Å². The molecule has 0 unspecified atom stereocenters. The van der Waals surface area contributed by atoms with Crippen molar-refractivity contribution in [1.82, 2.24) is 4.90 Å². The van der Waals surface area contributed by atoms with Crippen molar-refractivity contribution in [2.75, 3.05) is 20.3 Å². The van der Waals surface area contributed by atoms with Crippen molar-refractivity contribution in [1.29, 1.82) is 0 Å². The third-order valence-electron chi connectivity index (χ3n) is 3.66. The van der Waals surface area contributed by atoms with E-state index >= 15 is 0 Å².